The lowest BCUT2D eigenvalue weighted by Gasteiger charge is -2.25. The lowest BCUT2D eigenvalue weighted by atomic mass is 9.82. The van der Waals surface area contributed by atoms with Crippen LogP contribution in [-0.4, -0.2) is 48.4 Å². The van der Waals surface area contributed by atoms with Crippen molar-refractivity contribution in [2.75, 3.05) is 10.6 Å². The second kappa shape index (κ2) is 12.8. The molecule has 0 saturated heterocycles. The highest BCUT2D eigenvalue weighted by Crippen LogP contribution is 2.43. The molecule has 0 spiro atoms. The predicted molar refractivity (Wildman–Crippen MR) is 145 cm³/mol. The Kier molecular flexibility index (Phi) is 9.23. The average Bonchev–Trinajstić information content (AvgIpc) is 3.65. The molecule has 1 saturated carbocycles. The SMILES string of the molecule is C/C=C(/CC(=O)Nc1nnc([C@H]2CCC[C@H](c3nnc(NC(=O)Cc4cnc[nH]4)s3)C2)s1)N=CC(C)C. The summed E-state index contributed by atoms with van der Waals surface area (Å²) in [5.74, 6) is 0.485. The zero-order valence-corrected chi connectivity index (χ0v) is 22.7. The Morgan fingerprint density at radius 3 is 2.30 bits per heavy atom. The van der Waals surface area contributed by atoms with Gasteiger partial charge in [0.05, 0.1) is 19.2 Å². The van der Waals surface area contributed by atoms with Gasteiger partial charge in [-0.25, -0.2) is 4.98 Å². The van der Waals surface area contributed by atoms with Crippen LogP contribution in [-0.2, 0) is 16.0 Å². The minimum absolute atomic E-state index is 0.158. The van der Waals surface area contributed by atoms with Crippen LogP contribution in [0.15, 0.2) is 29.3 Å². The number of aromatic nitrogens is 6. The summed E-state index contributed by atoms with van der Waals surface area (Å²) in [6.07, 6.45) is 11.2. The van der Waals surface area contributed by atoms with Gasteiger partial charge < -0.3 is 15.6 Å². The van der Waals surface area contributed by atoms with Gasteiger partial charge >= 0.3 is 0 Å². The van der Waals surface area contributed by atoms with E-state index in [2.05, 4.69) is 46.0 Å². The third kappa shape index (κ3) is 7.83. The fraction of sp³-hybridized carbons (Fsp3) is 0.500. The van der Waals surface area contributed by atoms with Crippen LogP contribution in [0, 0.1) is 5.92 Å². The number of nitrogens with one attached hydrogen (secondary N) is 3. The van der Waals surface area contributed by atoms with Crippen molar-refractivity contribution in [3.8, 4) is 0 Å². The van der Waals surface area contributed by atoms with Crippen molar-refractivity contribution in [2.45, 2.75) is 71.1 Å². The van der Waals surface area contributed by atoms with E-state index in [1.165, 1.54) is 22.7 Å². The van der Waals surface area contributed by atoms with E-state index in [0.29, 0.717) is 16.2 Å². The van der Waals surface area contributed by atoms with Crippen LogP contribution in [0.4, 0.5) is 10.3 Å². The molecule has 2 amide bonds. The minimum atomic E-state index is -0.162. The molecule has 3 N–H and O–H groups in total. The smallest absolute Gasteiger partial charge is 0.232 e. The van der Waals surface area contributed by atoms with Gasteiger partial charge in [-0.3, -0.25) is 14.6 Å². The molecule has 2 atom stereocenters. The molecule has 0 aliphatic heterocycles. The summed E-state index contributed by atoms with van der Waals surface area (Å²) in [6.45, 7) is 5.96. The van der Waals surface area contributed by atoms with Crippen LogP contribution in [0.1, 0.15) is 80.4 Å². The van der Waals surface area contributed by atoms with Crippen molar-refractivity contribution in [1.82, 2.24) is 30.4 Å². The maximum Gasteiger partial charge on any atom is 0.232 e. The van der Waals surface area contributed by atoms with Gasteiger partial charge in [-0.2, -0.15) is 0 Å². The third-order valence-corrected chi connectivity index (χ3v) is 7.87. The van der Waals surface area contributed by atoms with Crippen LogP contribution < -0.4 is 10.6 Å². The highest BCUT2D eigenvalue weighted by molar-refractivity contribution is 7.15. The summed E-state index contributed by atoms with van der Waals surface area (Å²) in [5.41, 5.74) is 1.46. The van der Waals surface area contributed by atoms with E-state index in [1.807, 2.05) is 33.1 Å². The van der Waals surface area contributed by atoms with Gasteiger partial charge in [0, 0.05) is 35.6 Å². The summed E-state index contributed by atoms with van der Waals surface area (Å²) in [4.78, 5) is 35.9. The number of H-pyrrole nitrogens is 1. The highest BCUT2D eigenvalue weighted by atomic mass is 32.1. The summed E-state index contributed by atoms with van der Waals surface area (Å²) in [5, 5.41) is 25.6. The van der Waals surface area contributed by atoms with Crippen LogP contribution in [0.2, 0.25) is 0 Å². The molecule has 13 heteroatoms. The molecule has 1 aliphatic carbocycles. The van der Waals surface area contributed by atoms with Gasteiger partial charge in [-0.05, 0) is 32.1 Å². The third-order valence-electron chi connectivity index (χ3n) is 5.87. The zero-order chi connectivity index (χ0) is 26.2. The molecular weight excluding hydrogens is 510 g/mol. The maximum atomic E-state index is 12.5. The first-order chi connectivity index (χ1) is 17.9. The molecule has 3 aromatic rings. The molecule has 0 radical (unpaired) electrons. The van der Waals surface area contributed by atoms with Crippen molar-refractivity contribution in [1.29, 1.82) is 0 Å². The first kappa shape index (κ1) is 26.7. The van der Waals surface area contributed by atoms with Gasteiger partial charge in [0.15, 0.2) is 0 Å². The van der Waals surface area contributed by atoms with E-state index in [0.717, 1.165) is 47.1 Å². The molecule has 0 unspecified atom stereocenters. The molecule has 1 aliphatic rings. The Bertz CT molecular complexity index is 1250. The number of allylic oxidation sites excluding steroid dienone is 1. The molecule has 196 valence electrons. The number of imidazole rings is 1. The average molecular weight is 542 g/mol. The summed E-state index contributed by atoms with van der Waals surface area (Å²) in [6, 6.07) is 0. The van der Waals surface area contributed by atoms with Crippen LogP contribution in [0.3, 0.4) is 0 Å². The number of rotatable bonds is 10. The minimum Gasteiger partial charge on any atom is -0.348 e. The van der Waals surface area contributed by atoms with Crippen molar-refractivity contribution in [3.05, 3.63) is 40.0 Å². The number of carbonyl (C=O) groups is 2. The maximum absolute atomic E-state index is 12.5. The quantitative estimate of drug-likeness (QED) is 0.315. The second-order valence-corrected chi connectivity index (χ2v) is 11.3. The van der Waals surface area contributed by atoms with Crippen LogP contribution in [0.5, 0.6) is 0 Å². The molecule has 11 nitrogen and oxygen atoms in total. The molecule has 0 bridgehead atoms. The number of carbonyl (C=O) groups excluding carboxylic acids is 2. The molecule has 1 fully saturated rings. The number of hydrogen-bond acceptors (Lipinski definition) is 10. The Balaban J connectivity index is 1.31. The molecule has 0 aromatic carbocycles. The van der Waals surface area contributed by atoms with E-state index < -0.39 is 0 Å². The van der Waals surface area contributed by atoms with Crippen LogP contribution in [0.25, 0.3) is 0 Å². The van der Waals surface area contributed by atoms with Gasteiger partial charge in [0.25, 0.3) is 0 Å². The number of aliphatic imine (C=N–C) groups is 1. The molecular formula is C24H31N9O2S2. The first-order valence-corrected chi connectivity index (χ1v) is 14.0. The Labute approximate surface area is 223 Å². The molecule has 3 heterocycles. The lowest BCUT2D eigenvalue weighted by Crippen LogP contribution is -2.14. The fourth-order valence-electron chi connectivity index (χ4n) is 4.05. The van der Waals surface area contributed by atoms with E-state index in [4.69, 9.17) is 0 Å². The predicted octanol–water partition coefficient (Wildman–Crippen LogP) is 4.69. The molecule has 4 rings (SSSR count). The Hall–Kier alpha value is -3.32. The molecule has 3 aromatic heterocycles. The number of anilines is 2. The lowest BCUT2D eigenvalue weighted by molar-refractivity contribution is -0.116. The summed E-state index contributed by atoms with van der Waals surface area (Å²) >= 11 is 2.84. The number of nitrogens with zero attached hydrogens (tertiary/aromatic N) is 6. The van der Waals surface area contributed by atoms with Gasteiger partial charge in [0.1, 0.15) is 10.0 Å². The van der Waals surface area contributed by atoms with E-state index in [-0.39, 0.29) is 36.5 Å². The van der Waals surface area contributed by atoms with Crippen molar-refractivity contribution in [3.63, 3.8) is 0 Å². The van der Waals surface area contributed by atoms with Crippen molar-refractivity contribution < 1.29 is 9.59 Å². The Morgan fingerprint density at radius 1 is 1.08 bits per heavy atom. The van der Waals surface area contributed by atoms with Crippen molar-refractivity contribution >= 4 is 51.0 Å². The second-order valence-electron chi connectivity index (χ2n) is 9.28. The van der Waals surface area contributed by atoms with Crippen LogP contribution >= 0.6 is 22.7 Å². The van der Waals surface area contributed by atoms with Gasteiger partial charge in [-0.15, -0.1) is 20.4 Å². The van der Waals surface area contributed by atoms with E-state index in [1.54, 1.807) is 12.5 Å². The number of aromatic amines is 1. The zero-order valence-electron chi connectivity index (χ0n) is 21.1. The Morgan fingerprint density at radius 2 is 1.73 bits per heavy atom. The topological polar surface area (TPSA) is 151 Å². The van der Waals surface area contributed by atoms with Crippen molar-refractivity contribution in [2.24, 2.45) is 10.9 Å². The first-order valence-electron chi connectivity index (χ1n) is 12.3. The largest absolute Gasteiger partial charge is 0.348 e. The highest BCUT2D eigenvalue weighted by Gasteiger charge is 2.29. The van der Waals surface area contributed by atoms with E-state index >= 15 is 0 Å². The monoisotopic (exact) mass is 541 g/mol. The number of hydrogen-bond donors (Lipinski definition) is 3. The standard InChI is InChI=1S/C24H31N9O2S2/c1-4-17(26-11-14(2)3)9-19(34)28-23-32-30-21(36-23)15-6-5-7-16(8-15)22-31-33-24(37-22)29-20(35)10-18-12-25-13-27-18/h4,11-16H,5-10H2,1-3H3,(H,25,27)(H,28,32,34)(H,29,33,35)/b17-4-,26-11?/t15-,16-/m0/s1. The normalized spacial score (nSPS) is 18.4. The number of amides is 2. The molecule has 37 heavy (non-hydrogen) atoms. The van der Waals surface area contributed by atoms with Gasteiger partial charge in [-0.1, -0.05) is 49.0 Å². The summed E-state index contributed by atoms with van der Waals surface area (Å²) < 4.78 is 0. The summed E-state index contributed by atoms with van der Waals surface area (Å²) in [7, 11) is 0. The van der Waals surface area contributed by atoms with E-state index in [9.17, 15) is 9.59 Å². The van der Waals surface area contributed by atoms with Gasteiger partial charge in [0.2, 0.25) is 22.1 Å². The fourth-order valence-corrected chi connectivity index (χ4v) is 5.87.